The number of hydrogen-bond acceptors (Lipinski definition) is 4. The van der Waals surface area contributed by atoms with E-state index in [0.29, 0.717) is 17.7 Å². The first-order chi connectivity index (χ1) is 11.6. The lowest BCUT2D eigenvalue weighted by atomic mass is 9.93. The second-order valence-corrected chi connectivity index (χ2v) is 6.45. The molecule has 2 heterocycles. The molecule has 0 amide bonds. The molecule has 3 rings (SSSR count). The van der Waals surface area contributed by atoms with Crippen LogP contribution in [0, 0.1) is 11.7 Å². The van der Waals surface area contributed by atoms with Crippen LogP contribution in [0.4, 0.5) is 10.1 Å². The minimum Gasteiger partial charge on any atom is -0.497 e. The van der Waals surface area contributed by atoms with E-state index in [1.165, 1.54) is 12.1 Å². The second kappa shape index (κ2) is 7.62. The van der Waals surface area contributed by atoms with Gasteiger partial charge in [-0.3, -0.25) is 9.88 Å². The van der Waals surface area contributed by atoms with Crippen LogP contribution in [0.2, 0.25) is 0 Å². The molecule has 1 saturated heterocycles. The molecule has 0 bridgehead atoms. The fraction of sp³-hybridized carbons (Fsp3) is 0.421. The number of nitrogens with zero attached hydrogens (tertiary/aromatic N) is 2. The molecule has 0 unspecified atom stereocenters. The van der Waals surface area contributed by atoms with Crippen molar-refractivity contribution in [2.24, 2.45) is 5.92 Å². The number of rotatable bonds is 5. The summed E-state index contributed by atoms with van der Waals surface area (Å²) in [6.45, 7) is 5.12. The van der Waals surface area contributed by atoms with Gasteiger partial charge < -0.3 is 10.1 Å². The Bertz CT molecular complexity index is 665. The largest absolute Gasteiger partial charge is 0.497 e. The zero-order valence-electron chi connectivity index (χ0n) is 14.2. The Morgan fingerprint density at radius 3 is 2.92 bits per heavy atom. The molecule has 4 nitrogen and oxygen atoms in total. The number of anilines is 1. The van der Waals surface area contributed by atoms with Crippen LogP contribution in [0.3, 0.4) is 0 Å². The summed E-state index contributed by atoms with van der Waals surface area (Å²) >= 11 is 0. The fourth-order valence-corrected chi connectivity index (χ4v) is 3.29. The Kier molecular flexibility index (Phi) is 5.30. The van der Waals surface area contributed by atoms with Gasteiger partial charge in [-0.1, -0.05) is 13.0 Å². The quantitative estimate of drug-likeness (QED) is 0.910. The number of piperidine rings is 1. The maximum Gasteiger partial charge on any atom is 0.128 e. The monoisotopic (exact) mass is 329 g/mol. The van der Waals surface area contributed by atoms with Crippen molar-refractivity contribution in [1.29, 1.82) is 0 Å². The molecule has 0 radical (unpaired) electrons. The molecular formula is C19H24FN3O. The van der Waals surface area contributed by atoms with Crippen molar-refractivity contribution in [1.82, 2.24) is 9.88 Å². The second-order valence-electron chi connectivity index (χ2n) is 6.45. The van der Waals surface area contributed by atoms with Gasteiger partial charge in [0, 0.05) is 49.7 Å². The predicted molar refractivity (Wildman–Crippen MR) is 93.7 cm³/mol. The van der Waals surface area contributed by atoms with Crippen LogP contribution in [0.5, 0.6) is 5.75 Å². The SMILES string of the molecule is COc1cc(F)cc(N[C@H]2CCN(Cc3ccccn3)C[C@@H]2C)c1. The highest BCUT2D eigenvalue weighted by atomic mass is 19.1. The molecule has 0 saturated carbocycles. The molecule has 0 spiro atoms. The van der Waals surface area contributed by atoms with Crippen molar-refractivity contribution < 1.29 is 9.13 Å². The molecule has 0 aliphatic carbocycles. The maximum absolute atomic E-state index is 13.6. The first kappa shape index (κ1) is 16.7. The maximum atomic E-state index is 13.6. The Hall–Kier alpha value is -2.14. The molecular weight excluding hydrogens is 305 g/mol. The summed E-state index contributed by atoms with van der Waals surface area (Å²) in [6.07, 6.45) is 2.86. The van der Waals surface area contributed by atoms with E-state index >= 15 is 0 Å². The molecule has 2 aromatic rings. The summed E-state index contributed by atoms with van der Waals surface area (Å²) in [5, 5.41) is 3.47. The topological polar surface area (TPSA) is 37.4 Å². The van der Waals surface area contributed by atoms with Crippen molar-refractivity contribution >= 4 is 5.69 Å². The summed E-state index contributed by atoms with van der Waals surface area (Å²) in [5.41, 5.74) is 1.88. The highest BCUT2D eigenvalue weighted by molar-refractivity contribution is 5.49. The average molecular weight is 329 g/mol. The molecule has 1 N–H and O–H groups in total. The number of nitrogens with one attached hydrogen (secondary N) is 1. The summed E-state index contributed by atoms with van der Waals surface area (Å²) < 4.78 is 18.8. The van der Waals surface area contributed by atoms with Crippen molar-refractivity contribution in [2.45, 2.75) is 25.9 Å². The first-order valence-corrected chi connectivity index (χ1v) is 8.37. The van der Waals surface area contributed by atoms with Crippen LogP contribution in [-0.4, -0.2) is 36.1 Å². The van der Waals surface area contributed by atoms with Crippen molar-refractivity contribution in [3.8, 4) is 5.75 Å². The number of ether oxygens (including phenoxy) is 1. The molecule has 1 aliphatic heterocycles. The third-order valence-electron chi connectivity index (χ3n) is 4.56. The molecule has 5 heteroatoms. The third-order valence-corrected chi connectivity index (χ3v) is 4.56. The van der Waals surface area contributed by atoms with Gasteiger partial charge in [0.2, 0.25) is 0 Å². The van der Waals surface area contributed by atoms with Gasteiger partial charge in [-0.05, 0) is 30.5 Å². The highest BCUT2D eigenvalue weighted by Gasteiger charge is 2.26. The van der Waals surface area contributed by atoms with Crippen LogP contribution in [-0.2, 0) is 6.54 Å². The molecule has 24 heavy (non-hydrogen) atoms. The van der Waals surface area contributed by atoms with E-state index in [1.807, 2.05) is 24.4 Å². The predicted octanol–water partition coefficient (Wildman–Crippen LogP) is 3.55. The van der Waals surface area contributed by atoms with E-state index in [2.05, 4.69) is 28.2 Å². The first-order valence-electron chi connectivity index (χ1n) is 8.37. The van der Waals surface area contributed by atoms with Crippen molar-refractivity contribution in [3.05, 3.63) is 54.1 Å². The van der Waals surface area contributed by atoms with Gasteiger partial charge >= 0.3 is 0 Å². The van der Waals surface area contributed by atoms with Gasteiger partial charge in [0.25, 0.3) is 0 Å². The van der Waals surface area contributed by atoms with E-state index in [4.69, 9.17) is 4.74 Å². The van der Waals surface area contributed by atoms with E-state index in [-0.39, 0.29) is 5.82 Å². The van der Waals surface area contributed by atoms with Gasteiger partial charge in [-0.25, -0.2) is 4.39 Å². The number of methoxy groups -OCH3 is 1. The lowest BCUT2D eigenvalue weighted by Gasteiger charge is -2.37. The van der Waals surface area contributed by atoms with Crippen LogP contribution in [0.25, 0.3) is 0 Å². The molecule has 1 aromatic heterocycles. The van der Waals surface area contributed by atoms with E-state index < -0.39 is 0 Å². The molecule has 1 fully saturated rings. The molecule has 1 aromatic carbocycles. The van der Waals surface area contributed by atoms with Crippen LogP contribution < -0.4 is 10.1 Å². The standard InChI is InChI=1S/C19H24FN3O/c1-14-12-23(13-16-5-3-4-7-21-16)8-6-19(14)22-17-9-15(20)10-18(11-17)24-2/h3-5,7,9-11,14,19,22H,6,8,12-13H2,1-2H3/t14-,19-/m0/s1. The minimum atomic E-state index is -0.280. The Morgan fingerprint density at radius 1 is 1.33 bits per heavy atom. The van der Waals surface area contributed by atoms with Gasteiger partial charge in [0.15, 0.2) is 0 Å². The number of benzene rings is 1. The Morgan fingerprint density at radius 2 is 2.21 bits per heavy atom. The molecule has 2 atom stereocenters. The van der Waals surface area contributed by atoms with Gasteiger partial charge in [-0.2, -0.15) is 0 Å². The Labute approximate surface area is 142 Å². The van der Waals surface area contributed by atoms with Crippen LogP contribution in [0.1, 0.15) is 19.0 Å². The van der Waals surface area contributed by atoms with Gasteiger partial charge in [0.1, 0.15) is 11.6 Å². The molecule has 128 valence electrons. The van der Waals surface area contributed by atoms with E-state index in [0.717, 1.165) is 37.4 Å². The van der Waals surface area contributed by atoms with Crippen molar-refractivity contribution in [3.63, 3.8) is 0 Å². The van der Waals surface area contributed by atoms with Crippen LogP contribution in [0.15, 0.2) is 42.6 Å². The van der Waals surface area contributed by atoms with Gasteiger partial charge in [0.05, 0.1) is 12.8 Å². The number of pyridine rings is 1. The van der Waals surface area contributed by atoms with E-state index in [9.17, 15) is 4.39 Å². The number of hydrogen-bond donors (Lipinski definition) is 1. The average Bonchev–Trinajstić information content (AvgIpc) is 2.58. The van der Waals surface area contributed by atoms with Gasteiger partial charge in [-0.15, -0.1) is 0 Å². The zero-order chi connectivity index (χ0) is 16.9. The summed E-state index contributed by atoms with van der Waals surface area (Å²) in [5.74, 6) is 0.728. The minimum absolute atomic E-state index is 0.280. The van der Waals surface area contributed by atoms with E-state index in [1.54, 1.807) is 7.11 Å². The summed E-state index contributed by atoms with van der Waals surface area (Å²) in [6, 6.07) is 11.1. The highest BCUT2D eigenvalue weighted by Crippen LogP contribution is 2.25. The van der Waals surface area contributed by atoms with Crippen LogP contribution >= 0.6 is 0 Å². The number of aromatic nitrogens is 1. The third kappa shape index (κ3) is 4.23. The normalized spacial score (nSPS) is 21.5. The number of halogens is 1. The van der Waals surface area contributed by atoms with Crippen molar-refractivity contribution in [2.75, 3.05) is 25.5 Å². The summed E-state index contributed by atoms with van der Waals surface area (Å²) in [4.78, 5) is 6.83. The smallest absolute Gasteiger partial charge is 0.128 e. The Balaban J connectivity index is 1.59. The molecule has 1 aliphatic rings. The lowest BCUT2D eigenvalue weighted by Crippen LogP contribution is -2.44. The zero-order valence-corrected chi connectivity index (χ0v) is 14.2. The fourth-order valence-electron chi connectivity index (χ4n) is 3.29. The lowest BCUT2D eigenvalue weighted by molar-refractivity contribution is 0.163. The number of likely N-dealkylation sites (tertiary alicyclic amines) is 1. The summed E-state index contributed by atoms with van der Waals surface area (Å²) in [7, 11) is 1.55.